The molecule has 2 heterocycles. The number of benzene rings is 1. The van der Waals surface area contributed by atoms with E-state index in [1.54, 1.807) is 0 Å². The third kappa shape index (κ3) is 3.68. The molecular formula is C22H21F5N4O2. The fourth-order valence-electron chi connectivity index (χ4n) is 4.13. The number of fused-ring (bicyclic) bond motifs is 1. The molecule has 11 heteroatoms. The largest absolute Gasteiger partial charge is 0.361 e. The van der Waals surface area contributed by atoms with E-state index in [0.29, 0.717) is 0 Å². The summed E-state index contributed by atoms with van der Waals surface area (Å²) in [5.41, 5.74) is -3.89. The lowest BCUT2D eigenvalue weighted by Gasteiger charge is -2.26. The van der Waals surface area contributed by atoms with Crippen LogP contribution in [-0.4, -0.2) is 20.3 Å². The van der Waals surface area contributed by atoms with Crippen molar-refractivity contribution < 1.29 is 22.0 Å². The van der Waals surface area contributed by atoms with E-state index < -0.39 is 46.4 Å². The minimum Gasteiger partial charge on any atom is -0.361 e. The Morgan fingerprint density at radius 3 is 2.36 bits per heavy atom. The van der Waals surface area contributed by atoms with Crippen LogP contribution in [0.2, 0.25) is 0 Å². The molecule has 33 heavy (non-hydrogen) atoms. The van der Waals surface area contributed by atoms with Gasteiger partial charge in [0, 0.05) is 37.2 Å². The highest BCUT2D eigenvalue weighted by Gasteiger charge is 2.61. The molecule has 1 fully saturated rings. The van der Waals surface area contributed by atoms with E-state index in [9.17, 15) is 31.5 Å². The maximum atomic E-state index is 14.6. The zero-order valence-corrected chi connectivity index (χ0v) is 18.0. The fourth-order valence-corrected chi connectivity index (χ4v) is 4.13. The van der Waals surface area contributed by atoms with Gasteiger partial charge in [-0.05, 0) is 19.8 Å². The summed E-state index contributed by atoms with van der Waals surface area (Å²) in [6, 6.07) is 3.71. The third-order valence-corrected chi connectivity index (χ3v) is 6.20. The average Bonchev–Trinajstić information content (AvgIpc) is 3.53. The Hall–Kier alpha value is -3.24. The Morgan fingerprint density at radius 2 is 1.79 bits per heavy atom. The van der Waals surface area contributed by atoms with Crippen molar-refractivity contribution in [1.29, 1.82) is 0 Å². The Kier molecular flexibility index (Phi) is 5.33. The van der Waals surface area contributed by atoms with Gasteiger partial charge >= 0.3 is 0 Å². The number of aromatic nitrogens is 3. The minimum absolute atomic E-state index is 0.0189. The zero-order valence-electron chi connectivity index (χ0n) is 18.0. The summed E-state index contributed by atoms with van der Waals surface area (Å²) in [5.74, 6) is -4.25. The molecule has 1 atom stereocenters. The van der Waals surface area contributed by atoms with Crippen molar-refractivity contribution in [3.63, 3.8) is 0 Å². The third-order valence-electron chi connectivity index (χ3n) is 6.20. The van der Waals surface area contributed by atoms with Crippen LogP contribution in [0.25, 0.3) is 10.8 Å². The van der Waals surface area contributed by atoms with Gasteiger partial charge in [-0.25, -0.2) is 26.6 Å². The monoisotopic (exact) mass is 468 g/mol. The molecule has 1 N–H and O–H groups in total. The predicted molar refractivity (Wildman–Crippen MR) is 112 cm³/mol. The summed E-state index contributed by atoms with van der Waals surface area (Å²) in [7, 11) is 1.34. The highest BCUT2D eigenvalue weighted by Crippen LogP contribution is 2.54. The minimum atomic E-state index is -3.18. The van der Waals surface area contributed by atoms with Crippen molar-refractivity contribution in [3.05, 3.63) is 68.1 Å². The first-order valence-electron chi connectivity index (χ1n) is 10.2. The van der Waals surface area contributed by atoms with Crippen molar-refractivity contribution in [3.8, 4) is 0 Å². The molecule has 1 aliphatic rings. The summed E-state index contributed by atoms with van der Waals surface area (Å²) < 4.78 is 71.3. The summed E-state index contributed by atoms with van der Waals surface area (Å²) in [6.07, 6.45) is -1.67. The molecule has 0 amide bonds. The molecule has 176 valence electrons. The van der Waals surface area contributed by atoms with Gasteiger partial charge in [-0.2, -0.15) is 5.10 Å². The molecule has 6 nitrogen and oxygen atoms in total. The van der Waals surface area contributed by atoms with Crippen LogP contribution in [0.1, 0.15) is 50.3 Å². The van der Waals surface area contributed by atoms with Crippen molar-refractivity contribution in [1.82, 2.24) is 14.3 Å². The highest BCUT2D eigenvalue weighted by molar-refractivity contribution is 5.90. The number of aryl methyl sites for hydroxylation is 1. The standard InChI is InChI=1S/C22H21F5N4O2/c1-11(12-5-4-6-13(17(12)23)18(24)25)28-19-15-10-31(22(7-8-22)21(2,26)27)16(32)9-14(15)20(33)30(3)29-19/h4-6,9-11,18H,7-8H2,1-3H3,(H,28,29). The topological polar surface area (TPSA) is 68.9 Å². The normalized spacial score (nSPS) is 16.3. The van der Waals surface area contributed by atoms with E-state index in [2.05, 4.69) is 10.4 Å². The maximum Gasteiger partial charge on any atom is 0.274 e. The van der Waals surface area contributed by atoms with E-state index in [1.165, 1.54) is 26.1 Å². The number of nitrogens with one attached hydrogen (secondary N) is 1. The van der Waals surface area contributed by atoms with Crippen molar-refractivity contribution in [2.24, 2.45) is 7.05 Å². The lowest BCUT2D eigenvalue weighted by Crippen LogP contribution is -2.42. The van der Waals surface area contributed by atoms with E-state index >= 15 is 0 Å². The first kappa shape index (κ1) is 22.9. The van der Waals surface area contributed by atoms with Gasteiger partial charge in [0.1, 0.15) is 11.4 Å². The van der Waals surface area contributed by atoms with Gasteiger partial charge in [0.05, 0.1) is 17.0 Å². The molecule has 4 rings (SSSR count). The van der Waals surface area contributed by atoms with Gasteiger partial charge in [-0.3, -0.25) is 9.59 Å². The molecule has 0 spiro atoms. The number of pyridine rings is 1. The summed E-state index contributed by atoms with van der Waals surface area (Å²) >= 11 is 0. The SMILES string of the molecule is CC(Nc1nn(C)c(=O)c2cc(=O)n(C3(C(C)(F)F)CC3)cc12)c1cccc(C(F)F)c1F. The van der Waals surface area contributed by atoms with Crippen LogP contribution in [0.5, 0.6) is 0 Å². The Morgan fingerprint density at radius 1 is 1.15 bits per heavy atom. The smallest absolute Gasteiger partial charge is 0.274 e. The average molecular weight is 468 g/mol. The first-order chi connectivity index (χ1) is 15.4. The molecule has 0 bridgehead atoms. The molecule has 1 aromatic carbocycles. The van der Waals surface area contributed by atoms with Gasteiger partial charge in [0.2, 0.25) is 0 Å². The van der Waals surface area contributed by atoms with Crippen LogP contribution >= 0.6 is 0 Å². The maximum absolute atomic E-state index is 14.6. The number of hydrogen-bond donors (Lipinski definition) is 1. The zero-order chi connectivity index (χ0) is 24.3. The summed E-state index contributed by atoms with van der Waals surface area (Å²) in [6.45, 7) is 2.24. The number of halogens is 5. The van der Waals surface area contributed by atoms with E-state index in [0.717, 1.165) is 34.5 Å². The Labute approximate surface area is 184 Å². The van der Waals surface area contributed by atoms with Gasteiger partial charge in [-0.1, -0.05) is 18.2 Å². The van der Waals surface area contributed by atoms with Gasteiger partial charge in [0.15, 0.2) is 5.82 Å². The number of rotatable bonds is 6. The second-order valence-corrected chi connectivity index (χ2v) is 8.42. The van der Waals surface area contributed by atoms with Crippen LogP contribution in [0.15, 0.2) is 40.1 Å². The molecule has 3 aromatic rings. The molecule has 1 unspecified atom stereocenters. The van der Waals surface area contributed by atoms with Gasteiger partial charge < -0.3 is 9.88 Å². The van der Waals surface area contributed by atoms with Crippen molar-refractivity contribution >= 4 is 16.6 Å². The van der Waals surface area contributed by atoms with E-state index in [4.69, 9.17) is 0 Å². The Balaban J connectivity index is 1.86. The molecule has 2 aromatic heterocycles. The number of alkyl halides is 4. The van der Waals surface area contributed by atoms with Crippen LogP contribution in [0.4, 0.5) is 27.8 Å². The fraction of sp³-hybridized carbons (Fsp3) is 0.409. The number of nitrogens with zero attached hydrogens (tertiary/aromatic N) is 3. The van der Waals surface area contributed by atoms with Crippen LogP contribution in [0, 0.1) is 5.82 Å². The molecule has 0 radical (unpaired) electrons. The second-order valence-electron chi connectivity index (χ2n) is 8.42. The molecule has 0 saturated heterocycles. The summed E-state index contributed by atoms with van der Waals surface area (Å²) in [4.78, 5) is 25.2. The van der Waals surface area contributed by atoms with Crippen LogP contribution in [-0.2, 0) is 12.6 Å². The number of hydrogen-bond acceptors (Lipinski definition) is 4. The van der Waals surface area contributed by atoms with Crippen LogP contribution < -0.4 is 16.4 Å². The quantitative estimate of drug-likeness (QED) is 0.542. The van der Waals surface area contributed by atoms with Gasteiger partial charge in [0.25, 0.3) is 23.5 Å². The highest BCUT2D eigenvalue weighted by atomic mass is 19.3. The van der Waals surface area contributed by atoms with Crippen molar-refractivity contribution in [2.75, 3.05) is 5.32 Å². The van der Waals surface area contributed by atoms with E-state index in [1.807, 2.05) is 0 Å². The van der Waals surface area contributed by atoms with E-state index in [-0.39, 0.29) is 35.0 Å². The van der Waals surface area contributed by atoms with Gasteiger partial charge in [-0.15, -0.1) is 0 Å². The number of anilines is 1. The molecule has 0 aliphatic heterocycles. The Bertz CT molecular complexity index is 1360. The van der Waals surface area contributed by atoms with Crippen molar-refractivity contribution in [2.45, 2.75) is 50.6 Å². The molecule has 1 aliphatic carbocycles. The molecular weight excluding hydrogens is 447 g/mol. The second kappa shape index (κ2) is 7.67. The lowest BCUT2D eigenvalue weighted by atomic mass is 10.0. The van der Waals surface area contributed by atoms with Crippen LogP contribution in [0.3, 0.4) is 0 Å². The predicted octanol–water partition coefficient (Wildman–Crippen LogP) is 4.49. The summed E-state index contributed by atoms with van der Waals surface area (Å²) in [5, 5.41) is 7.02. The first-order valence-corrected chi connectivity index (χ1v) is 10.2. The molecule has 1 saturated carbocycles. The lowest BCUT2D eigenvalue weighted by molar-refractivity contribution is -0.0486.